The molecular formula is C23H20F3N3O2. The maximum absolute atomic E-state index is 13.2. The Labute approximate surface area is 177 Å². The molecule has 8 heteroatoms. The zero-order valence-corrected chi connectivity index (χ0v) is 16.7. The Balaban J connectivity index is 1.70. The van der Waals surface area contributed by atoms with Crippen LogP contribution >= 0.6 is 0 Å². The molecule has 1 aromatic heterocycles. The monoisotopic (exact) mass is 427 g/mol. The number of hydrogen-bond donors (Lipinski definition) is 1. The quantitative estimate of drug-likeness (QED) is 0.618. The summed E-state index contributed by atoms with van der Waals surface area (Å²) in [7, 11) is 1.51. The number of para-hydroxylation sites is 2. The summed E-state index contributed by atoms with van der Waals surface area (Å²) in [6, 6.07) is 14.6. The van der Waals surface area contributed by atoms with Gasteiger partial charge in [-0.25, -0.2) is 4.79 Å². The van der Waals surface area contributed by atoms with E-state index in [1.807, 2.05) is 12.1 Å². The molecule has 5 nitrogen and oxygen atoms in total. The van der Waals surface area contributed by atoms with Crippen molar-refractivity contribution in [2.24, 2.45) is 0 Å². The molecule has 1 N–H and O–H groups in total. The van der Waals surface area contributed by atoms with Gasteiger partial charge < -0.3 is 15.0 Å². The van der Waals surface area contributed by atoms with Crippen LogP contribution in [-0.2, 0) is 12.6 Å². The Morgan fingerprint density at radius 1 is 1.10 bits per heavy atom. The van der Waals surface area contributed by atoms with Gasteiger partial charge in [-0.2, -0.15) is 13.2 Å². The van der Waals surface area contributed by atoms with Crippen molar-refractivity contribution < 1.29 is 22.7 Å². The number of carbonyl (C=O) groups is 1. The first kappa shape index (κ1) is 20.7. The normalized spacial score (nSPS) is 15.9. The van der Waals surface area contributed by atoms with E-state index in [9.17, 15) is 18.0 Å². The van der Waals surface area contributed by atoms with Crippen molar-refractivity contribution in [3.63, 3.8) is 0 Å². The number of aromatic nitrogens is 1. The molecule has 1 aliphatic rings. The van der Waals surface area contributed by atoms with E-state index >= 15 is 0 Å². The molecule has 2 heterocycles. The van der Waals surface area contributed by atoms with Crippen LogP contribution in [0, 0.1) is 0 Å². The van der Waals surface area contributed by atoms with Crippen molar-refractivity contribution in [1.29, 1.82) is 0 Å². The fourth-order valence-corrected chi connectivity index (χ4v) is 3.77. The van der Waals surface area contributed by atoms with Crippen molar-refractivity contribution in [1.82, 2.24) is 9.88 Å². The van der Waals surface area contributed by atoms with Gasteiger partial charge in [-0.15, -0.1) is 0 Å². The lowest BCUT2D eigenvalue weighted by atomic mass is 9.92. The lowest BCUT2D eigenvalue weighted by Crippen LogP contribution is -2.43. The van der Waals surface area contributed by atoms with E-state index in [0.717, 1.165) is 17.7 Å². The van der Waals surface area contributed by atoms with Gasteiger partial charge in [-0.1, -0.05) is 30.3 Å². The topological polar surface area (TPSA) is 54.5 Å². The number of ether oxygens (including phenoxy) is 1. The van der Waals surface area contributed by atoms with E-state index in [1.165, 1.54) is 19.2 Å². The zero-order valence-electron chi connectivity index (χ0n) is 16.7. The number of nitrogens with one attached hydrogen (secondary N) is 1. The van der Waals surface area contributed by atoms with Crippen LogP contribution in [0.1, 0.15) is 28.4 Å². The molecule has 4 rings (SSSR count). The summed E-state index contributed by atoms with van der Waals surface area (Å²) in [6.07, 6.45) is -2.21. The summed E-state index contributed by atoms with van der Waals surface area (Å²) < 4.78 is 44.4. The Kier molecular flexibility index (Phi) is 5.54. The van der Waals surface area contributed by atoms with Gasteiger partial charge in [-0.3, -0.25) is 4.98 Å². The first-order valence-corrected chi connectivity index (χ1v) is 9.70. The van der Waals surface area contributed by atoms with Crippen LogP contribution < -0.4 is 10.1 Å². The molecule has 31 heavy (non-hydrogen) atoms. The molecule has 1 atom stereocenters. The fourth-order valence-electron chi connectivity index (χ4n) is 3.77. The zero-order chi connectivity index (χ0) is 22.0. The molecule has 2 amide bonds. The summed E-state index contributed by atoms with van der Waals surface area (Å²) in [5, 5.41) is 2.85. The largest absolute Gasteiger partial charge is 0.495 e. The van der Waals surface area contributed by atoms with Crippen LogP contribution in [0.25, 0.3) is 0 Å². The fraction of sp³-hybridized carbons (Fsp3) is 0.217. The number of rotatable bonds is 3. The van der Waals surface area contributed by atoms with Gasteiger partial charge in [0.25, 0.3) is 0 Å². The van der Waals surface area contributed by atoms with Gasteiger partial charge in [0.05, 0.1) is 24.1 Å². The highest BCUT2D eigenvalue weighted by Crippen LogP contribution is 2.36. The number of amides is 2. The second kappa shape index (κ2) is 8.29. The SMILES string of the molecule is COc1ccccc1NC(=O)N1CCc2cccnc2[C@H]1c1ccc(C(F)(F)F)cc1. The number of methoxy groups -OCH3 is 1. The lowest BCUT2D eigenvalue weighted by Gasteiger charge is -2.37. The average Bonchev–Trinajstić information content (AvgIpc) is 2.78. The number of fused-ring (bicyclic) bond motifs is 1. The molecular weight excluding hydrogens is 407 g/mol. The first-order valence-electron chi connectivity index (χ1n) is 9.70. The molecule has 0 aliphatic carbocycles. The highest BCUT2D eigenvalue weighted by Gasteiger charge is 2.35. The maximum Gasteiger partial charge on any atom is 0.416 e. The minimum Gasteiger partial charge on any atom is -0.495 e. The highest BCUT2D eigenvalue weighted by atomic mass is 19.4. The number of alkyl halides is 3. The molecule has 1 aliphatic heterocycles. The minimum atomic E-state index is -4.43. The standard InChI is InChI=1S/C23H20F3N3O2/c1-31-19-7-3-2-6-18(19)28-22(30)29-14-12-15-5-4-13-27-20(15)21(29)16-8-10-17(11-9-16)23(24,25)26/h2-11,13,21H,12,14H2,1H3,(H,28,30)/t21-/m1/s1. The van der Waals surface area contributed by atoms with Crippen molar-refractivity contribution in [2.75, 3.05) is 19.0 Å². The number of pyridine rings is 1. The molecule has 2 aromatic carbocycles. The molecule has 0 saturated carbocycles. The van der Waals surface area contributed by atoms with Crippen LogP contribution in [0.5, 0.6) is 5.75 Å². The van der Waals surface area contributed by atoms with Crippen LogP contribution in [0.4, 0.5) is 23.7 Å². The van der Waals surface area contributed by atoms with Crippen LogP contribution in [0.15, 0.2) is 66.9 Å². The molecule has 0 radical (unpaired) electrons. The van der Waals surface area contributed by atoms with Crippen molar-refractivity contribution in [3.8, 4) is 5.75 Å². The average molecular weight is 427 g/mol. The molecule has 0 bridgehead atoms. The second-order valence-electron chi connectivity index (χ2n) is 7.14. The van der Waals surface area contributed by atoms with E-state index in [2.05, 4.69) is 10.3 Å². The molecule has 160 valence electrons. The smallest absolute Gasteiger partial charge is 0.416 e. The van der Waals surface area contributed by atoms with Crippen molar-refractivity contribution >= 4 is 11.7 Å². The number of anilines is 1. The Bertz CT molecular complexity index is 1080. The first-order chi connectivity index (χ1) is 14.9. The predicted octanol–water partition coefficient (Wildman–Crippen LogP) is 5.29. The maximum atomic E-state index is 13.2. The Morgan fingerprint density at radius 3 is 2.55 bits per heavy atom. The minimum absolute atomic E-state index is 0.384. The molecule has 0 spiro atoms. The highest BCUT2D eigenvalue weighted by molar-refractivity contribution is 5.91. The van der Waals surface area contributed by atoms with Gasteiger partial charge in [0.2, 0.25) is 0 Å². The van der Waals surface area contributed by atoms with E-state index in [-0.39, 0.29) is 6.03 Å². The molecule has 3 aromatic rings. The Hall–Kier alpha value is -3.55. The van der Waals surface area contributed by atoms with Gasteiger partial charge in [0.15, 0.2) is 0 Å². The Morgan fingerprint density at radius 2 is 1.84 bits per heavy atom. The van der Waals surface area contributed by atoms with Crippen LogP contribution in [0.2, 0.25) is 0 Å². The van der Waals surface area contributed by atoms with Crippen molar-refractivity contribution in [3.05, 3.63) is 89.2 Å². The summed E-state index contributed by atoms with van der Waals surface area (Å²) in [4.78, 5) is 19.2. The van der Waals surface area contributed by atoms with E-state index in [1.54, 1.807) is 35.4 Å². The van der Waals surface area contributed by atoms with Gasteiger partial charge in [0, 0.05) is 12.7 Å². The number of hydrogen-bond acceptors (Lipinski definition) is 3. The van der Waals surface area contributed by atoms with Gasteiger partial charge in [-0.05, 0) is 47.9 Å². The number of halogens is 3. The summed E-state index contributed by atoms with van der Waals surface area (Å²) in [6.45, 7) is 0.394. The third-order valence-electron chi connectivity index (χ3n) is 5.28. The van der Waals surface area contributed by atoms with Crippen LogP contribution in [-0.4, -0.2) is 29.6 Å². The van der Waals surface area contributed by atoms with E-state index < -0.39 is 17.8 Å². The molecule has 0 saturated heterocycles. The number of urea groups is 1. The van der Waals surface area contributed by atoms with Crippen LogP contribution in [0.3, 0.4) is 0 Å². The third-order valence-corrected chi connectivity index (χ3v) is 5.28. The molecule has 0 fully saturated rings. The van der Waals surface area contributed by atoms with E-state index in [0.29, 0.717) is 35.7 Å². The van der Waals surface area contributed by atoms with Gasteiger partial charge >= 0.3 is 12.2 Å². The summed E-state index contributed by atoms with van der Waals surface area (Å²) in [5.74, 6) is 0.512. The number of nitrogens with zero attached hydrogens (tertiary/aromatic N) is 2. The van der Waals surface area contributed by atoms with E-state index in [4.69, 9.17) is 4.74 Å². The van der Waals surface area contributed by atoms with Gasteiger partial charge in [0.1, 0.15) is 11.8 Å². The third kappa shape index (κ3) is 4.19. The summed E-state index contributed by atoms with van der Waals surface area (Å²) in [5.41, 5.74) is 1.95. The summed E-state index contributed by atoms with van der Waals surface area (Å²) >= 11 is 0. The second-order valence-corrected chi connectivity index (χ2v) is 7.14. The lowest BCUT2D eigenvalue weighted by molar-refractivity contribution is -0.137. The number of benzene rings is 2. The van der Waals surface area contributed by atoms with Crippen molar-refractivity contribution in [2.45, 2.75) is 18.6 Å². The predicted molar refractivity (Wildman–Crippen MR) is 110 cm³/mol. The number of carbonyl (C=O) groups excluding carboxylic acids is 1. The molecule has 0 unspecified atom stereocenters.